The molecule has 0 spiro atoms. The van der Waals surface area contributed by atoms with Gasteiger partial charge >= 0.3 is 0 Å². The number of nitrogens with one attached hydrogen (secondary N) is 1. The summed E-state index contributed by atoms with van der Waals surface area (Å²) in [7, 11) is 0. The third-order valence-electron chi connectivity index (χ3n) is 4.96. The maximum absolute atomic E-state index is 3.75. The van der Waals surface area contributed by atoms with Crippen LogP contribution in [0.1, 0.15) is 66.7 Å². The molecule has 1 N–H and O–H groups in total. The Morgan fingerprint density at radius 2 is 1.47 bits per heavy atom. The summed E-state index contributed by atoms with van der Waals surface area (Å²) in [6, 6.07) is 0.762. The van der Waals surface area contributed by atoms with Gasteiger partial charge in [0.1, 0.15) is 0 Å². The van der Waals surface area contributed by atoms with E-state index in [0.29, 0.717) is 0 Å². The molecule has 0 saturated heterocycles. The van der Waals surface area contributed by atoms with E-state index in [1.54, 1.807) is 0 Å². The second-order valence-electron chi connectivity index (χ2n) is 6.39. The van der Waals surface area contributed by atoms with E-state index in [2.05, 4.69) is 39.9 Å². The molecule has 1 fully saturated rings. The summed E-state index contributed by atoms with van der Waals surface area (Å²) >= 11 is 0. The fraction of sp³-hybridized carbons (Fsp3) is 1.00. The molecular weight excluding hydrogens is 206 g/mol. The zero-order valence-electron chi connectivity index (χ0n) is 12.6. The molecule has 2 atom stereocenters. The topological polar surface area (TPSA) is 12.0 Å². The van der Waals surface area contributed by atoms with E-state index in [1.807, 2.05) is 0 Å². The van der Waals surface area contributed by atoms with Crippen molar-refractivity contribution in [3.63, 3.8) is 0 Å². The van der Waals surface area contributed by atoms with E-state index in [1.165, 1.54) is 32.1 Å². The van der Waals surface area contributed by atoms with Gasteiger partial charge in [-0.2, -0.15) is 0 Å². The lowest BCUT2D eigenvalue weighted by molar-refractivity contribution is 0.161. The van der Waals surface area contributed by atoms with Gasteiger partial charge in [-0.1, -0.05) is 41.0 Å². The molecular formula is C16H33N. The van der Waals surface area contributed by atoms with Gasteiger partial charge in [0.15, 0.2) is 0 Å². The Bertz CT molecular complexity index is 192. The van der Waals surface area contributed by atoms with Crippen molar-refractivity contribution in [2.24, 2.45) is 23.7 Å². The summed E-state index contributed by atoms with van der Waals surface area (Å²) in [5.41, 5.74) is 0. The molecule has 1 heteroatoms. The van der Waals surface area contributed by atoms with Crippen molar-refractivity contribution in [3.8, 4) is 0 Å². The minimum atomic E-state index is 0.762. The maximum atomic E-state index is 3.75. The standard InChI is InChI=1S/C16H33N/c1-6-13(5)16(17-7-2)15-10-8-14(9-11-15)12(3)4/h12-17H,6-11H2,1-5H3. The van der Waals surface area contributed by atoms with Crippen LogP contribution in [0.2, 0.25) is 0 Å². The maximum Gasteiger partial charge on any atom is 0.0121 e. The molecule has 1 aliphatic rings. The molecule has 1 saturated carbocycles. The summed E-state index contributed by atoms with van der Waals surface area (Å²) in [4.78, 5) is 0. The van der Waals surface area contributed by atoms with Crippen LogP contribution in [0.5, 0.6) is 0 Å². The first-order chi connectivity index (χ1) is 8.10. The van der Waals surface area contributed by atoms with E-state index < -0.39 is 0 Å². The van der Waals surface area contributed by atoms with Crippen LogP contribution in [0.4, 0.5) is 0 Å². The quantitative estimate of drug-likeness (QED) is 0.721. The van der Waals surface area contributed by atoms with Crippen LogP contribution in [0.25, 0.3) is 0 Å². The predicted octanol–water partition coefficient (Wildman–Crippen LogP) is 4.47. The van der Waals surface area contributed by atoms with Crippen LogP contribution in [0.15, 0.2) is 0 Å². The lowest BCUT2D eigenvalue weighted by Gasteiger charge is -2.38. The third kappa shape index (κ3) is 4.28. The van der Waals surface area contributed by atoms with Crippen LogP contribution >= 0.6 is 0 Å². The van der Waals surface area contributed by atoms with Gasteiger partial charge in [0.2, 0.25) is 0 Å². The highest BCUT2D eigenvalue weighted by Gasteiger charge is 2.30. The Hall–Kier alpha value is -0.0400. The van der Waals surface area contributed by atoms with Crippen molar-refractivity contribution in [1.82, 2.24) is 5.32 Å². The molecule has 0 aliphatic heterocycles. The highest BCUT2D eigenvalue weighted by atomic mass is 14.9. The van der Waals surface area contributed by atoms with E-state index in [0.717, 1.165) is 36.3 Å². The second-order valence-corrected chi connectivity index (χ2v) is 6.39. The molecule has 0 aromatic rings. The lowest BCUT2D eigenvalue weighted by Crippen LogP contribution is -2.42. The fourth-order valence-electron chi connectivity index (χ4n) is 3.49. The summed E-state index contributed by atoms with van der Waals surface area (Å²) in [6.07, 6.45) is 7.12. The third-order valence-corrected chi connectivity index (χ3v) is 4.96. The molecule has 17 heavy (non-hydrogen) atoms. The molecule has 2 unspecified atom stereocenters. The van der Waals surface area contributed by atoms with Gasteiger partial charge in [-0.3, -0.25) is 0 Å². The van der Waals surface area contributed by atoms with Crippen LogP contribution in [-0.4, -0.2) is 12.6 Å². The molecule has 0 heterocycles. The Balaban J connectivity index is 2.48. The van der Waals surface area contributed by atoms with Gasteiger partial charge < -0.3 is 5.32 Å². The predicted molar refractivity (Wildman–Crippen MR) is 77.2 cm³/mol. The molecule has 0 aromatic carbocycles. The van der Waals surface area contributed by atoms with Gasteiger partial charge in [0.25, 0.3) is 0 Å². The number of rotatable bonds is 6. The lowest BCUT2D eigenvalue weighted by atomic mass is 9.72. The van der Waals surface area contributed by atoms with Gasteiger partial charge in [-0.05, 0) is 55.9 Å². The summed E-state index contributed by atoms with van der Waals surface area (Å²) < 4.78 is 0. The summed E-state index contributed by atoms with van der Waals surface area (Å²) in [6.45, 7) is 12.9. The van der Waals surface area contributed by atoms with Gasteiger partial charge in [-0.25, -0.2) is 0 Å². The van der Waals surface area contributed by atoms with E-state index >= 15 is 0 Å². The highest BCUT2D eigenvalue weighted by molar-refractivity contribution is 4.85. The van der Waals surface area contributed by atoms with Crippen molar-refractivity contribution in [3.05, 3.63) is 0 Å². The zero-order valence-corrected chi connectivity index (χ0v) is 12.6. The molecule has 0 aromatic heterocycles. The average molecular weight is 239 g/mol. The summed E-state index contributed by atoms with van der Waals surface area (Å²) in [5.74, 6) is 3.64. The Morgan fingerprint density at radius 3 is 1.88 bits per heavy atom. The second kappa shape index (κ2) is 7.41. The first-order valence-corrected chi connectivity index (χ1v) is 7.83. The normalized spacial score (nSPS) is 29.3. The first kappa shape index (κ1) is 15.0. The van der Waals surface area contributed by atoms with Crippen LogP contribution in [-0.2, 0) is 0 Å². The van der Waals surface area contributed by atoms with E-state index in [9.17, 15) is 0 Å². The Labute approximate surface area is 109 Å². The average Bonchev–Trinajstić information content (AvgIpc) is 2.35. The molecule has 0 amide bonds. The highest BCUT2D eigenvalue weighted by Crippen LogP contribution is 2.36. The monoisotopic (exact) mass is 239 g/mol. The molecule has 102 valence electrons. The largest absolute Gasteiger partial charge is 0.314 e. The van der Waals surface area contributed by atoms with Gasteiger partial charge in [0.05, 0.1) is 0 Å². The molecule has 1 rings (SSSR count). The van der Waals surface area contributed by atoms with Crippen molar-refractivity contribution < 1.29 is 0 Å². The van der Waals surface area contributed by atoms with Crippen molar-refractivity contribution in [2.45, 2.75) is 72.8 Å². The molecule has 1 aliphatic carbocycles. The first-order valence-electron chi connectivity index (χ1n) is 7.83. The smallest absolute Gasteiger partial charge is 0.0121 e. The fourth-order valence-corrected chi connectivity index (χ4v) is 3.49. The molecule has 1 nitrogen and oxygen atoms in total. The minimum absolute atomic E-state index is 0.762. The molecule has 0 bridgehead atoms. The van der Waals surface area contributed by atoms with Gasteiger partial charge in [0, 0.05) is 6.04 Å². The molecule has 0 radical (unpaired) electrons. The van der Waals surface area contributed by atoms with Crippen molar-refractivity contribution >= 4 is 0 Å². The summed E-state index contributed by atoms with van der Waals surface area (Å²) in [5, 5.41) is 3.75. The number of hydrogen-bond acceptors (Lipinski definition) is 1. The van der Waals surface area contributed by atoms with Crippen LogP contribution in [0, 0.1) is 23.7 Å². The van der Waals surface area contributed by atoms with Crippen LogP contribution in [0.3, 0.4) is 0 Å². The van der Waals surface area contributed by atoms with E-state index in [-0.39, 0.29) is 0 Å². The van der Waals surface area contributed by atoms with E-state index in [4.69, 9.17) is 0 Å². The van der Waals surface area contributed by atoms with Gasteiger partial charge in [-0.15, -0.1) is 0 Å². The SMILES string of the molecule is CCNC(C(C)CC)C1CCC(C(C)C)CC1. The minimum Gasteiger partial charge on any atom is -0.314 e. The van der Waals surface area contributed by atoms with Crippen molar-refractivity contribution in [1.29, 1.82) is 0 Å². The van der Waals surface area contributed by atoms with Crippen molar-refractivity contribution in [2.75, 3.05) is 6.54 Å². The van der Waals surface area contributed by atoms with Crippen LogP contribution < -0.4 is 5.32 Å². The zero-order chi connectivity index (χ0) is 12.8. The Morgan fingerprint density at radius 1 is 0.941 bits per heavy atom. The Kier molecular flexibility index (Phi) is 6.54. The number of hydrogen-bond donors (Lipinski definition) is 1.